The molecule has 1 aromatic rings. The minimum absolute atomic E-state index is 0.165. The fraction of sp³-hybridized carbons (Fsp3) is 0.222. The average molecular weight is 372 g/mol. The lowest BCUT2D eigenvalue weighted by atomic mass is 10.1. The van der Waals surface area contributed by atoms with Gasteiger partial charge in [-0.05, 0) is 28.8 Å². The van der Waals surface area contributed by atoms with Crippen LogP contribution in [0.1, 0.15) is 15.9 Å². The van der Waals surface area contributed by atoms with E-state index in [-0.39, 0.29) is 5.91 Å². The quantitative estimate of drug-likeness (QED) is 0.533. The van der Waals surface area contributed by atoms with E-state index in [1.54, 1.807) is 13.1 Å². The minimum Gasteiger partial charge on any atom is -0.398 e. The van der Waals surface area contributed by atoms with E-state index in [4.69, 9.17) is 18.3 Å². The zero-order valence-corrected chi connectivity index (χ0v) is 12.3. The van der Waals surface area contributed by atoms with Crippen molar-refractivity contribution in [2.24, 2.45) is 0 Å². The number of benzene rings is 1. The second-order valence-corrected chi connectivity index (χ2v) is 4.72. The molecular formula is C9H12Br2N2O4. The van der Waals surface area contributed by atoms with Crippen molar-refractivity contribution in [3.8, 4) is 0 Å². The molecule has 0 fully saturated rings. The maximum atomic E-state index is 11.3. The number of anilines is 1. The first kappa shape index (κ1) is 16.3. The van der Waals surface area contributed by atoms with Crippen molar-refractivity contribution in [3.05, 3.63) is 27.7 Å². The van der Waals surface area contributed by atoms with Crippen molar-refractivity contribution in [2.45, 2.75) is 6.92 Å². The van der Waals surface area contributed by atoms with Gasteiger partial charge in [-0.15, -0.1) is 0 Å². The summed E-state index contributed by atoms with van der Waals surface area (Å²) in [6.45, 7) is 1.87. The van der Waals surface area contributed by atoms with Gasteiger partial charge in [0.2, 0.25) is 0 Å². The van der Waals surface area contributed by atoms with Crippen molar-refractivity contribution >= 4 is 27.5 Å². The Morgan fingerprint density at radius 1 is 1.53 bits per heavy atom. The summed E-state index contributed by atoms with van der Waals surface area (Å²) >= 11 is -0.0868. The van der Waals surface area contributed by atoms with Crippen LogP contribution < -0.4 is 19.4 Å². The number of carbonyl (C=O) groups is 1. The second kappa shape index (κ2) is 7.62. The smallest absolute Gasteiger partial charge is 0.398 e. The molecule has 0 atom stereocenters. The fourth-order valence-electron chi connectivity index (χ4n) is 1.08. The summed E-state index contributed by atoms with van der Waals surface area (Å²) < 4.78 is 25.2. The van der Waals surface area contributed by atoms with Crippen LogP contribution in [0.4, 0.5) is 5.69 Å². The normalized spacial score (nSPS) is 9.59. The van der Waals surface area contributed by atoms with Crippen molar-refractivity contribution < 1.29 is 32.2 Å². The molecule has 6 nitrogen and oxygen atoms in total. The number of nitrogens with two attached hydrogens (primary N) is 1. The predicted octanol–water partition coefficient (Wildman–Crippen LogP) is -1.24. The maximum absolute atomic E-state index is 11.3. The molecule has 0 saturated carbocycles. The van der Waals surface area contributed by atoms with Crippen LogP contribution >= 0.6 is 15.9 Å². The molecule has 96 valence electrons. The highest BCUT2D eigenvalue weighted by molar-refractivity contribution is 9.10. The molecule has 0 unspecified atom stereocenters. The molecule has 17 heavy (non-hydrogen) atoms. The fourth-order valence-corrected chi connectivity index (χ4v) is 1.65. The Morgan fingerprint density at radius 3 is 2.41 bits per heavy atom. The van der Waals surface area contributed by atoms with E-state index in [1.165, 1.54) is 0 Å². The summed E-state index contributed by atoms with van der Waals surface area (Å²) in [5, 5.41) is 2.54. The minimum atomic E-state index is -3.40. The van der Waals surface area contributed by atoms with Crippen molar-refractivity contribution in [1.82, 2.24) is 5.32 Å². The zero-order valence-electron chi connectivity index (χ0n) is 9.16. The number of aryl methyl sites for hydroxylation is 1. The van der Waals surface area contributed by atoms with Crippen LogP contribution in [0.3, 0.4) is 0 Å². The Labute approximate surface area is 112 Å². The van der Waals surface area contributed by atoms with Gasteiger partial charge in [0, 0.05) is 17.2 Å². The maximum Gasteiger partial charge on any atom is 0.433 e. The number of amides is 1. The number of rotatable bonds is 1. The average Bonchev–Trinajstić information content (AvgIpc) is 2.21. The van der Waals surface area contributed by atoms with Crippen LogP contribution in [0.2, 0.25) is 0 Å². The zero-order chi connectivity index (χ0) is 13.6. The summed E-state index contributed by atoms with van der Waals surface area (Å²) in [4.78, 5) is 11.3. The Bertz CT molecular complexity index is 396. The van der Waals surface area contributed by atoms with Crippen molar-refractivity contribution in [2.75, 3.05) is 12.8 Å². The largest absolute Gasteiger partial charge is 0.433 e. The van der Waals surface area contributed by atoms with E-state index in [0.717, 1.165) is 10.0 Å². The second-order valence-electron chi connectivity index (χ2n) is 2.96. The van der Waals surface area contributed by atoms with E-state index in [1.807, 2.05) is 13.0 Å². The van der Waals surface area contributed by atoms with Gasteiger partial charge in [-0.3, -0.25) is 4.79 Å². The number of carbonyl (C=O) groups excluding carboxylic acids is 1. The Hall–Kier alpha value is -0.670. The molecule has 1 amide bonds. The molecule has 8 heteroatoms. The molecule has 0 radical (unpaired) electrons. The van der Waals surface area contributed by atoms with Crippen LogP contribution in [0.15, 0.2) is 16.6 Å². The van der Waals surface area contributed by atoms with Gasteiger partial charge in [0.15, 0.2) is 0 Å². The van der Waals surface area contributed by atoms with E-state index >= 15 is 0 Å². The van der Waals surface area contributed by atoms with Crippen molar-refractivity contribution in [1.29, 1.82) is 0 Å². The number of halogens is 2. The molecule has 0 aliphatic heterocycles. The number of hydrogen-bond donors (Lipinski definition) is 3. The Kier molecular flexibility index (Phi) is 7.32. The molecule has 4 N–H and O–H groups in total. The van der Waals surface area contributed by atoms with Crippen LogP contribution in [-0.2, 0) is 0 Å². The van der Waals surface area contributed by atoms with E-state index < -0.39 is 14.8 Å². The predicted molar refractivity (Wildman–Crippen MR) is 58.9 cm³/mol. The van der Waals surface area contributed by atoms with Gasteiger partial charge in [0.05, 0.1) is 5.56 Å². The Balaban J connectivity index is 0.000000557. The van der Waals surface area contributed by atoms with Gasteiger partial charge in [0.1, 0.15) is 0 Å². The SMILES string of the molecule is CNC(=O)c1cc(Br)cc(C)c1N.[O-][Br+2]([O-])O. The molecule has 0 aliphatic carbocycles. The summed E-state index contributed by atoms with van der Waals surface area (Å²) in [7, 11) is 1.58. The lowest BCUT2D eigenvalue weighted by Crippen LogP contribution is -2.30. The van der Waals surface area contributed by atoms with Gasteiger partial charge in [-0.2, -0.15) is 0 Å². The molecule has 0 heterocycles. The summed E-state index contributed by atoms with van der Waals surface area (Å²) in [6.07, 6.45) is 0. The van der Waals surface area contributed by atoms with Crippen LogP contribution in [0.5, 0.6) is 0 Å². The van der Waals surface area contributed by atoms with E-state index in [0.29, 0.717) is 11.3 Å². The van der Waals surface area contributed by atoms with E-state index in [9.17, 15) is 4.79 Å². The lowest BCUT2D eigenvalue weighted by Gasteiger charge is -2.07. The monoisotopic (exact) mass is 370 g/mol. The molecule has 0 aliphatic rings. The summed E-state index contributed by atoms with van der Waals surface area (Å²) in [5.74, 6) is -0.165. The van der Waals surface area contributed by atoms with Crippen LogP contribution in [0, 0.1) is 21.7 Å². The molecule has 0 bridgehead atoms. The summed E-state index contributed by atoms with van der Waals surface area (Å²) in [6, 6.07) is 3.59. The first-order valence-corrected chi connectivity index (χ1v) is 7.11. The standard InChI is InChI=1S/C9H11BrN2O.BrHO3/c1-5-3-6(10)4-7(8(5)11)9(13)12-2;2-1(3)4/h3-4H,11H2,1-2H3,(H,12,13);2H. The first-order valence-electron chi connectivity index (χ1n) is 4.31. The molecule has 0 spiro atoms. The van der Waals surface area contributed by atoms with E-state index in [2.05, 4.69) is 21.2 Å². The number of nitrogens with one attached hydrogen (secondary N) is 1. The third kappa shape index (κ3) is 5.99. The molecule has 0 saturated heterocycles. The van der Waals surface area contributed by atoms with Gasteiger partial charge < -0.3 is 19.4 Å². The molecule has 0 aromatic heterocycles. The van der Waals surface area contributed by atoms with Crippen LogP contribution in [-0.4, -0.2) is 17.2 Å². The molecular weight excluding hydrogens is 360 g/mol. The Morgan fingerprint density at radius 2 is 2.00 bits per heavy atom. The number of hydrogen-bond acceptors (Lipinski definition) is 5. The molecule has 1 aromatic carbocycles. The third-order valence-electron chi connectivity index (χ3n) is 1.82. The topological polar surface area (TPSA) is 121 Å². The van der Waals surface area contributed by atoms with Crippen molar-refractivity contribution in [3.63, 3.8) is 0 Å². The number of nitrogen functional groups attached to an aromatic ring is 1. The highest BCUT2D eigenvalue weighted by Gasteiger charge is 2.10. The van der Waals surface area contributed by atoms with Gasteiger partial charge in [0.25, 0.3) is 5.91 Å². The van der Waals surface area contributed by atoms with Crippen LogP contribution in [0.25, 0.3) is 0 Å². The van der Waals surface area contributed by atoms with Gasteiger partial charge in [-0.25, -0.2) is 0 Å². The van der Waals surface area contributed by atoms with Gasteiger partial charge >= 0.3 is 14.8 Å². The lowest BCUT2D eigenvalue weighted by molar-refractivity contribution is -1.63. The summed E-state index contributed by atoms with van der Waals surface area (Å²) in [5.41, 5.74) is 7.68. The first-order chi connectivity index (χ1) is 7.79. The highest BCUT2D eigenvalue weighted by Crippen LogP contribution is 2.22. The molecule has 1 rings (SSSR count). The highest BCUT2D eigenvalue weighted by atomic mass is 80.0. The van der Waals surface area contributed by atoms with Gasteiger partial charge in [-0.1, -0.05) is 15.9 Å². The third-order valence-corrected chi connectivity index (χ3v) is 2.28.